The maximum Gasteiger partial charge on any atom is 0.224 e. The van der Waals surface area contributed by atoms with Crippen LogP contribution in [0.4, 0.5) is 4.39 Å². The third-order valence-electron chi connectivity index (χ3n) is 6.66. The van der Waals surface area contributed by atoms with Crippen molar-refractivity contribution in [1.82, 2.24) is 15.1 Å². The number of nitrogens with one attached hydrogen (secondary N) is 1. The van der Waals surface area contributed by atoms with Crippen LogP contribution >= 0.6 is 0 Å². The third-order valence-corrected chi connectivity index (χ3v) is 6.66. The highest BCUT2D eigenvalue weighted by Crippen LogP contribution is 2.53. The summed E-state index contributed by atoms with van der Waals surface area (Å²) in [7, 11) is 0. The van der Waals surface area contributed by atoms with Gasteiger partial charge in [-0.2, -0.15) is 5.10 Å². The van der Waals surface area contributed by atoms with Gasteiger partial charge in [0, 0.05) is 17.9 Å². The average molecular weight is 401 g/mol. The van der Waals surface area contributed by atoms with Gasteiger partial charge < -0.3 is 5.32 Å². The van der Waals surface area contributed by atoms with Crippen LogP contribution in [0.3, 0.4) is 0 Å². The number of hydrogen-bond donors (Lipinski definition) is 1. The molecule has 0 radical (unpaired) electrons. The molecular formula is C25H24FN3O. The van der Waals surface area contributed by atoms with Gasteiger partial charge in [-0.25, -0.2) is 9.07 Å². The zero-order valence-corrected chi connectivity index (χ0v) is 16.9. The van der Waals surface area contributed by atoms with Gasteiger partial charge in [0.15, 0.2) is 0 Å². The van der Waals surface area contributed by atoms with Crippen LogP contribution in [0.1, 0.15) is 36.6 Å². The molecule has 1 N–H and O–H groups in total. The summed E-state index contributed by atoms with van der Waals surface area (Å²) in [5.74, 6) is -0.181. The van der Waals surface area contributed by atoms with Gasteiger partial charge in [-0.15, -0.1) is 0 Å². The van der Waals surface area contributed by atoms with E-state index in [2.05, 4.69) is 23.4 Å². The fraction of sp³-hybridized carbons (Fsp3) is 0.280. The predicted octanol–water partition coefficient (Wildman–Crippen LogP) is 4.68. The number of aromatic nitrogens is 2. The molecule has 1 amide bonds. The number of amides is 1. The molecule has 0 spiro atoms. The number of rotatable bonds is 4. The van der Waals surface area contributed by atoms with Crippen LogP contribution in [0, 0.1) is 17.2 Å². The molecule has 2 atom stereocenters. The lowest BCUT2D eigenvalue weighted by atomic mass is 9.69. The number of allylic oxidation sites excluding steroid dienone is 1. The highest BCUT2D eigenvalue weighted by atomic mass is 19.1. The minimum atomic E-state index is -0.258. The summed E-state index contributed by atoms with van der Waals surface area (Å²) < 4.78 is 15.2. The van der Waals surface area contributed by atoms with Crippen LogP contribution in [0.5, 0.6) is 0 Å². The lowest BCUT2D eigenvalue weighted by Crippen LogP contribution is -2.39. The van der Waals surface area contributed by atoms with Crippen molar-refractivity contribution in [2.45, 2.75) is 32.7 Å². The molecule has 0 aliphatic heterocycles. The average Bonchev–Trinajstić information content (AvgIpc) is 3.31. The number of carbonyl (C=O) groups is 1. The molecule has 0 bridgehead atoms. The number of benzene rings is 2. The highest BCUT2D eigenvalue weighted by Gasteiger charge is 2.48. The second-order valence-corrected chi connectivity index (χ2v) is 8.50. The van der Waals surface area contributed by atoms with E-state index in [0.29, 0.717) is 6.54 Å². The maximum atomic E-state index is 13.3. The van der Waals surface area contributed by atoms with Gasteiger partial charge in [0.05, 0.1) is 17.6 Å². The maximum absolute atomic E-state index is 13.3. The van der Waals surface area contributed by atoms with E-state index in [0.717, 1.165) is 41.8 Å². The quantitative estimate of drug-likeness (QED) is 0.690. The molecule has 5 heteroatoms. The summed E-state index contributed by atoms with van der Waals surface area (Å²) in [4.78, 5) is 13.1. The summed E-state index contributed by atoms with van der Waals surface area (Å²) in [6.45, 7) is 2.76. The molecule has 152 valence electrons. The van der Waals surface area contributed by atoms with Gasteiger partial charge in [0.1, 0.15) is 5.82 Å². The van der Waals surface area contributed by atoms with Crippen molar-refractivity contribution in [2.75, 3.05) is 0 Å². The molecular weight excluding hydrogens is 377 g/mol. The summed E-state index contributed by atoms with van der Waals surface area (Å²) in [5.41, 5.74) is 5.24. The Kier molecular flexibility index (Phi) is 4.54. The summed E-state index contributed by atoms with van der Waals surface area (Å²) in [6.07, 6.45) is 6.64. The van der Waals surface area contributed by atoms with Gasteiger partial charge in [-0.1, -0.05) is 42.8 Å². The first-order valence-corrected chi connectivity index (χ1v) is 10.4. The standard InChI is InChI=1S/C25H24FN3O/c1-25-14-18-16-28-29(21-10-8-20(26)9-11-21)23(18)13-19(25)7-12-22(25)24(30)27-15-17-5-3-2-4-6-17/h2-6,8-11,13,16,22H,7,12,14-15H2,1H3,(H,27,30)/t22-,25+/m1/s1. The van der Waals surface area contributed by atoms with Crippen molar-refractivity contribution < 1.29 is 9.18 Å². The Labute approximate surface area is 175 Å². The molecule has 1 fully saturated rings. The van der Waals surface area contributed by atoms with Crippen molar-refractivity contribution in [2.24, 2.45) is 11.3 Å². The Morgan fingerprint density at radius 3 is 2.73 bits per heavy atom. The first kappa shape index (κ1) is 18.8. The first-order valence-electron chi connectivity index (χ1n) is 10.4. The lowest BCUT2D eigenvalue weighted by molar-refractivity contribution is -0.127. The Balaban J connectivity index is 1.38. The summed E-state index contributed by atoms with van der Waals surface area (Å²) in [6, 6.07) is 16.4. The normalized spacial score (nSPS) is 22.2. The van der Waals surface area contributed by atoms with E-state index in [1.54, 1.807) is 12.1 Å². The number of fused-ring (bicyclic) bond motifs is 2. The SMILES string of the molecule is C[C@]12Cc3cnn(-c4ccc(F)cc4)c3C=C1CC[C@@H]2C(=O)NCc1ccccc1. The van der Waals surface area contributed by atoms with E-state index in [1.165, 1.54) is 17.7 Å². The minimum Gasteiger partial charge on any atom is -0.352 e. The molecule has 1 heterocycles. The molecule has 2 aliphatic carbocycles. The largest absolute Gasteiger partial charge is 0.352 e. The van der Waals surface area contributed by atoms with E-state index in [1.807, 2.05) is 41.2 Å². The van der Waals surface area contributed by atoms with Crippen molar-refractivity contribution >= 4 is 12.0 Å². The molecule has 3 aromatic rings. The molecule has 1 aromatic heterocycles. The molecule has 0 unspecified atom stereocenters. The lowest BCUT2D eigenvalue weighted by Gasteiger charge is -2.35. The predicted molar refractivity (Wildman–Crippen MR) is 114 cm³/mol. The van der Waals surface area contributed by atoms with Crippen LogP contribution in [-0.2, 0) is 17.8 Å². The van der Waals surface area contributed by atoms with Crippen LogP contribution in [-0.4, -0.2) is 15.7 Å². The van der Waals surface area contributed by atoms with E-state index >= 15 is 0 Å². The molecule has 4 nitrogen and oxygen atoms in total. The van der Waals surface area contributed by atoms with Crippen LogP contribution in [0.15, 0.2) is 66.4 Å². The Hall–Kier alpha value is -3.21. The van der Waals surface area contributed by atoms with Crippen LogP contribution < -0.4 is 5.32 Å². The van der Waals surface area contributed by atoms with E-state index in [4.69, 9.17) is 0 Å². The van der Waals surface area contributed by atoms with Gasteiger partial charge in [0.2, 0.25) is 5.91 Å². The Morgan fingerprint density at radius 1 is 1.20 bits per heavy atom. The fourth-order valence-electron chi connectivity index (χ4n) is 4.96. The molecule has 2 aromatic carbocycles. The second kappa shape index (κ2) is 7.24. The first-order chi connectivity index (χ1) is 14.5. The van der Waals surface area contributed by atoms with Crippen molar-refractivity contribution in [3.8, 4) is 5.69 Å². The molecule has 5 rings (SSSR count). The van der Waals surface area contributed by atoms with E-state index < -0.39 is 0 Å². The summed E-state index contributed by atoms with van der Waals surface area (Å²) in [5, 5.41) is 7.69. The smallest absolute Gasteiger partial charge is 0.224 e. The highest BCUT2D eigenvalue weighted by molar-refractivity contribution is 5.82. The van der Waals surface area contributed by atoms with Gasteiger partial charge in [0.25, 0.3) is 0 Å². The van der Waals surface area contributed by atoms with E-state index in [9.17, 15) is 9.18 Å². The number of carbonyl (C=O) groups excluding carboxylic acids is 1. The van der Waals surface area contributed by atoms with Gasteiger partial charge in [-0.05, 0) is 60.7 Å². The number of halogens is 1. The molecule has 0 saturated heterocycles. The van der Waals surface area contributed by atoms with Gasteiger partial charge in [-0.3, -0.25) is 4.79 Å². The number of hydrogen-bond acceptors (Lipinski definition) is 2. The zero-order chi connectivity index (χ0) is 20.7. The van der Waals surface area contributed by atoms with Crippen molar-refractivity contribution in [3.63, 3.8) is 0 Å². The van der Waals surface area contributed by atoms with Crippen LogP contribution in [0.25, 0.3) is 11.8 Å². The zero-order valence-electron chi connectivity index (χ0n) is 16.9. The monoisotopic (exact) mass is 401 g/mol. The van der Waals surface area contributed by atoms with Gasteiger partial charge >= 0.3 is 0 Å². The Bertz CT molecular complexity index is 1120. The Morgan fingerprint density at radius 2 is 1.97 bits per heavy atom. The topological polar surface area (TPSA) is 46.9 Å². The van der Waals surface area contributed by atoms with Crippen LogP contribution in [0.2, 0.25) is 0 Å². The summed E-state index contributed by atoms with van der Waals surface area (Å²) >= 11 is 0. The minimum absolute atomic E-state index is 0.0465. The number of nitrogens with zero attached hydrogens (tertiary/aromatic N) is 2. The molecule has 2 aliphatic rings. The second-order valence-electron chi connectivity index (χ2n) is 8.50. The molecule has 1 saturated carbocycles. The third kappa shape index (κ3) is 3.15. The fourth-order valence-corrected chi connectivity index (χ4v) is 4.96. The van der Waals surface area contributed by atoms with Crippen molar-refractivity contribution in [3.05, 3.63) is 89.0 Å². The van der Waals surface area contributed by atoms with E-state index in [-0.39, 0.29) is 23.1 Å². The van der Waals surface area contributed by atoms with Crippen molar-refractivity contribution in [1.29, 1.82) is 0 Å². The molecule has 30 heavy (non-hydrogen) atoms.